The van der Waals surface area contributed by atoms with Gasteiger partial charge in [-0.15, -0.1) is 11.6 Å². The van der Waals surface area contributed by atoms with Crippen LogP contribution in [-0.4, -0.2) is 7.11 Å². The minimum absolute atomic E-state index is 0.155. The molecule has 19 heavy (non-hydrogen) atoms. The first-order valence-electron chi connectivity index (χ1n) is 7.51. The quantitative estimate of drug-likeness (QED) is 0.651. The first-order valence-corrected chi connectivity index (χ1v) is 7.94. The SMILES string of the molecule is COc1ccc(C(Cl)C2CCCCCCC2)cc1C. The molecule has 2 rings (SSSR count). The van der Waals surface area contributed by atoms with Crippen LogP contribution in [0.3, 0.4) is 0 Å². The van der Waals surface area contributed by atoms with Crippen LogP contribution >= 0.6 is 11.6 Å². The molecule has 0 bridgehead atoms. The Balaban J connectivity index is 2.08. The van der Waals surface area contributed by atoms with Crippen LogP contribution in [-0.2, 0) is 0 Å². The number of hydrogen-bond acceptors (Lipinski definition) is 1. The molecule has 1 nitrogen and oxygen atoms in total. The van der Waals surface area contributed by atoms with Crippen LogP contribution in [0.4, 0.5) is 0 Å². The van der Waals surface area contributed by atoms with Gasteiger partial charge in [0.25, 0.3) is 0 Å². The summed E-state index contributed by atoms with van der Waals surface area (Å²) in [5, 5.41) is 0.155. The summed E-state index contributed by atoms with van der Waals surface area (Å²) in [4.78, 5) is 0. The van der Waals surface area contributed by atoms with Gasteiger partial charge in [-0.2, -0.15) is 0 Å². The fraction of sp³-hybridized carbons (Fsp3) is 0.647. The first-order chi connectivity index (χ1) is 9.22. The molecule has 1 unspecified atom stereocenters. The van der Waals surface area contributed by atoms with Crippen molar-refractivity contribution in [2.45, 2.75) is 57.2 Å². The monoisotopic (exact) mass is 280 g/mol. The van der Waals surface area contributed by atoms with Gasteiger partial charge in [0.2, 0.25) is 0 Å². The van der Waals surface area contributed by atoms with E-state index in [0.29, 0.717) is 5.92 Å². The van der Waals surface area contributed by atoms with Gasteiger partial charge in [0.05, 0.1) is 12.5 Å². The number of benzene rings is 1. The number of ether oxygens (including phenoxy) is 1. The van der Waals surface area contributed by atoms with E-state index >= 15 is 0 Å². The second kappa shape index (κ2) is 7.19. The molecule has 1 aliphatic carbocycles. The smallest absolute Gasteiger partial charge is 0.121 e. The second-order valence-electron chi connectivity index (χ2n) is 5.74. The van der Waals surface area contributed by atoms with Crippen molar-refractivity contribution in [1.82, 2.24) is 0 Å². The zero-order valence-electron chi connectivity index (χ0n) is 12.1. The largest absolute Gasteiger partial charge is 0.496 e. The second-order valence-corrected chi connectivity index (χ2v) is 6.21. The predicted molar refractivity (Wildman–Crippen MR) is 82.1 cm³/mol. The molecule has 0 heterocycles. The molecule has 1 atom stereocenters. The van der Waals surface area contributed by atoms with Crippen molar-refractivity contribution in [2.24, 2.45) is 5.92 Å². The molecule has 0 amide bonds. The summed E-state index contributed by atoms with van der Waals surface area (Å²) in [6.45, 7) is 2.09. The van der Waals surface area contributed by atoms with Crippen molar-refractivity contribution in [3.05, 3.63) is 29.3 Å². The summed E-state index contributed by atoms with van der Waals surface area (Å²) >= 11 is 6.74. The first kappa shape index (κ1) is 14.7. The number of halogens is 1. The fourth-order valence-corrected chi connectivity index (χ4v) is 3.51. The van der Waals surface area contributed by atoms with E-state index < -0.39 is 0 Å². The Labute approximate surface area is 122 Å². The van der Waals surface area contributed by atoms with Crippen LogP contribution in [0.5, 0.6) is 5.75 Å². The molecule has 1 aromatic carbocycles. The maximum Gasteiger partial charge on any atom is 0.121 e. The van der Waals surface area contributed by atoms with Crippen molar-refractivity contribution in [2.75, 3.05) is 7.11 Å². The molecule has 2 heteroatoms. The van der Waals surface area contributed by atoms with Gasteiger partial charge in [-0.25, -0.2) is 0 Å². The molecule has 1 saturated carbocycles. The summed E-state index contributed by atoms with van der Waals surface area (Å²) in [6.07, 6.45) is 9.38. The summed E-state index contributed by atoms with van der Waals surface area (Å²) in [6, 6.07) is 6.36. The molecule has 0 aromatic heterocycles. The van der Waals surface area contributed by atoms with E-state index in [0.717, 1.165) is 5.75 Å². The topological polar surface area (TPSA) is 9.23 Å². The molecule has 0 aliphatic heterocycles. The van der Waals surface area contributed by atoms with E-state index in [-0.39, 0.29) is 5.38 Å². The summed E-state index contributed by atoms with van der Waals surface area (Å²) in [5.74, 6) is 1.58. The molecule has 0 radical (unpaired) electrons. The Kier molecular flexibility index (Phi) is 5.57. The Bertz CT molecular complexity index is 394. The maximum absolute atomic E-state index is 6.74. The third kappa shape index (κ3) is 3.89. The lowest BCUT2D eigenvalue weighted by atomic mass is 9.86. The lowest BCUT2D eigenvalue weighted by molar-refractivity contribution is 0.368. The van der Waals surface area contributed by atoms with Crippen molar-refractivity contribution in [3.63, 3.8) is 0 Å². The third-order valence-electron chi connectivity index (χ3n) is 4.30. The normalized spacial score (nSPS) is 19.5. The van der Waals surface area contributed by atoms with E-state index in [1.807, 2.05) is 6.07 Å². The number of methoxy groups -OCH3 is 1. The fourth-order valence-electron chi connectivity index (χ4n) is 3.13. The summed E-state index contributed by atoms with van der Waals surface area (Å²) in [7, 11) is 1.72. The molecule has 0 N–H and O–H groups in total. The Morgan fingerprint density at radius 3 is 2.32 bits per heavy atom. The molecule has 1 aromatic rings. The Hall–Kier alpha value is -0.690. The van der Waals surface area contributed by atoms with E-state index in [9.17, 15) is 0 Å². The van der Waals surface area contributed by atoms with Crippen molar-refractivity contribution >= 4 is 11.6 Å². The number of hydrogen-bond donors (Lipinski definition) is 0. The van der Waals surface area contributed by atoms with Crippen molar-refractivity contribution in [3.8, 4) is 5.75 Å². The van der Waals surface area contributed by atoms with E-state index in [4.69, 9.17) is 16.3 Å². The summed E-state index contributed by atoms with van der Waals surface area (Å²) in [5.41, 5.74) is 2.43. The average Bonchev–Trinajstić information content (AvgIpc) is 2.37. The highest BCUT2D eigenvalue weighted by atomic mass is 35.5. The Morgan fingerprint density at radius 1 is 1.11 bits per heavy atom. The van der Waals surface area contributed by atoms with E-state index in [1.54, 1.807) is 7.11 Å². The van der Waals surface area contributed by atoms with E-state index in [2.05, 4.69) is 19.1 Å². The summed E-state index contributed by atoms with van der Waals surface area (Å²) < 4.78 is 5.32. The standard InChI is InChI=1S/C17H25ClO/c1-13-12-15(10-11-16(13)19-2)17(18)14-8-6-4-3-5-7-9-14/h10-12,14,17H,3-9H2,1-2H3. The molecule has 0 spiro atoms. The van der Waals surface area contributed by atoms with E-state index in [1.165, 1.54) is 56.1 Å². The molecular formula is C17H25ClO. The highest BCUT2D eigenvalue weighted by molar-refractivity contribution is 6.21. The van der Waals surface area contributed by atoms with Crippen LogP contribution < -0.4 is 4.74 Å². The number of aryl methyl sites for hydroxylation is 1. The van der Waals surface area contributed by atoms with Gasteiger partial charge in [-0.1, -0.05) is 44.2 Å². The third-order valence-corrected chi connectivity index (χ3v) is 4.91. The lowest BCUT2D eigenvalue weighted by Gasteiger charge is -2.25. The van der Waals surface area contributed by atoms with Gasteiger partial charge in [-0.3, -0.25) is 0 Å². The zero-order valence-corrected chi connectivity index (χ0v) is 12.9. The van der Waals surface area contributed by atoms with Crippen molar-refractivity contribution < 1.29 is 4.74 Å². The van der Waals surface area contributed by atoms with Crippen LogP contribution in [0.15, 0.2) is 18.2 Å². The van der Waals surface area contributed by atoms with Gasteiger partial charge in [0, 0.05) is 0 Å². The molecule has 0 saturated heterocycles. The molecule has 1 fully saturated rings. The van der Waals surface area contributed by atoms with Crippen LogP contribution in [0.1, 0.15) is 61.4 Å². The number of rotatable bonds is 3. The maximum atomic E-state index is 6.74. The zero-order chi connectivity index (χ0) is 13.7. The lowest BCUT2D eigenvalue weighted by Crippen LogP contribution is -2.10. The molecule has 1 aliphatic rings. The minimum Gasteiger partial charge on any atom is -0.496 e. The predicted octanol–water partition coefficient (Wildman–Crippen LogP) is 5.64. The molecular weight excluding hydrogens is 256 g/mol. The van der Waals surface area contributed by atoms with Crippen molar-refractivity contribution in [1.29, 1.82) is 0 Å². The number of alkyl halides is 1. The van der Waals surface area contributed by atoms with Gasteiger partial charge < -0.3 is 4.74 Å². The van der Waals surface area contributed by atoms with Gasteiger partial charge >= 0.3 is 0 Å². The van der Waals surface area contributed by atoms with Gasteiger partial charge in [0.1, 0.15) is 5.75 Å². The molecule has 106 valence electrons. The van der Waals surface area contributed by atoms with Gasteiger partial charge in [0.15, 0.2) is 0 Å². The Morgan fingerprint density at radius 2 is 1.74 bits per heavy atom. The average molecular weight is 281 g/mol. The van der Waals surface area contributed by atoms with Crippen LogP contribution in [0.2, 0.25) is 0 Å². The minimum atomic E-state index is 0.155. The van der Waals surface area contributed by atoms with Gasteiger partial charge in [-0.05, 0) is 42.9 Å². The van der Waals surface area contributed by atoms with Crippen LogP contribution in [0.25, 0.3) is 0 Å². The highest BCUT2D eigenvalue weighted by Crippen LogP contribution is 2.38. The highest BCUT2D eigenvalue weighted by Gasteiger charge is 2.22. The van der Waals surface area contributed by atoms with Crippen LogP contribution in [0, 0.1) is 12.8 Å².